The molecule has 3 atom stereocenters. The van der Waals surface area contributed by atoms with Crippen molar-refractivity contribution in [2.45, 2.75) is 45.7 Å². The lowest BCUT2D eigenvalue weighted by Crippen LogP contribution is -2.40. The second-order valence-electron chi connectivity index (χ2n) is 5.26. The number of rotatable bonds is 7. The van der Waals surface area contributed by atoms with Crippen LogP contribution in [0.4, 0.5) is 0 Å². The first-order valence-electron chi connectivity index (χ1n) is 6.95. The van der Waals surface area contributed by atoms with Crippen LogP contribution in [0.2, 0.25) is 0 Å². The predicted molar refractivity (Wildman–Crippen MR) is 77.3 cm³/mol. The summed E-state index contributed by atoms with van der Waals surface area (Å²) < 4.78 is 0. The number of hydrogen-bond acceptors (Lipinski definition) is 3. The Morgan fingerprint density at radius 2 is 2.06 bits per heavy atom. The van der Waals surface area contributed by atoms with E-state index in [0.29, 0.717) is 5.92 Å². The molecule has 0 radical (unpaired) electrons. The maximum absolute atomic E-state index is 6.30. The largest absolute Gasteiger partial charge is 0.326 e. The van der Waals surface area contributed by atoms with Crippen molar-refractivity contribution in [3.05, 3.63) is 30.1 Å². The summed E-state index contributed by atoms with van der Waals surface area (Å²) in [6.07, 6.45) is 5.93. The lowest BCUT2D eigenvalue weighted by atomic mass is 9.96. The topological polar surface area (TPSA) is 42.2 Å². The molecule has 3 heteroatoms. The molecule has 0 aliphatic heterocycles. The fourth-order valence-electron chi connectivity index (χ4n) is 2.34. The summed E-state index contributed by atoms with van der Waals surface area (Å²) in [4.78, 5) is 6.60. The summed E-state index contributed by atoms with van der Waals surface area (Å²) >= 11 is 0. The van der Waals surface area contributed by atoms with Gasteiger partial charge in [-0.25, -0.2) is 0 Å². The molecule has 2 N–H and O–H groups in total. The van der Waals surface area contributed by atoms with Gasteiger partial charge in [0.05, 0.1) is 6.04 Å². The van der Waals surface area contributed by atoms with Crippen LogP contribution in [0.25, 0.3) is 0 Å². The highest BCUT2D eigenvalue weighted by Crippen LogP contribution is 2.24. The second kappa shape index (κ2) is 7.49. The molecule has 0 aliphatic carbocycles. The van der Waals surface area contributed by atoms with E-state index in [-0.39, 0.29) is 12.1 Å². The van der Waals surface area contributed by atoms with E-state index in [0.717, 1.165) is 13.0 Å². The second-order valence-corrected chi connectivity index (χ2v) is 5.26. The number of hydrogen-bond donors (Lipinski definition) is 1. The Morgan fingerprint density at radius 3 is 2.56 bits per heavy atom. The van der Waals surface area contributed by atoms with Gasteiger partial charge in [0.15, 0.2) is 0 Å². The third kappa shape index (κ3) is 4.07. The van der Waals surface area contributed by atoms with Gasteiger partial charge in [0, 0.05) is 25.0 Å². The van der Waals surface area contributed by atoms with Crippen LogP contribution < -0.4 is 5.73 Å². The van der Waals surface area contributed by atoms with Crippen LogP contribution in [0.3, 0.4) is 0 Å². The van der Waals surface area contributed by atoms with Gasteiger partial charge in [-0.2, -0.15) is 0 Å². The maximum Gasteiger partial charge on any atom is 0.0511 e. The molecule has 18 heavy (non-hydrogen) atoms. The van der Waals surface area contributed by atoms with Gasteiger partial charge >= 0.3 is 0 Å². The molecular formula is C15H27N3. The lowest BCUT2D eigenvalue weighted by Gasteiger charge is -2.34. The third-order valence-electron chi connectivity index (χ3n) is 3.67. The Balaban J connectivity index is 2.85. The molecular weight excluding hydrogens is 222 g/mol. The lowest BCUT2D eigenvalue weighted by molar-refractivity contribution is 0.182. The fraction of sp³-hybridized carbons (Fsp3) is 0.667. The van der Waals surface area contributed by atoms with Crippen molar-refractivity contribution in [1.29, 1.82) is 0 Å². The van der Waals surface area contributed by atoms with Gasteiger partial charge in [-0.1, -0.05) is 33.3 Å². The Morgan fingerprint density at radius 1 is 1.33 bits per heavy atom. The minimum absolute atomic E-state index is 0.156. The maximum atomic E-state index is 6.30. The minimum atomic E-state index is 0.156. The van der Waals surface area contributed by atoms with E-state index in [2.05, 4.69) is 43.8 Å². The van der Waals surface area contributed by atoms with Gasteiger partial charge in [-0.3, -0.25) is 9.88 Å². The van der Waals surface area contributed by atoms with E-state index < -0.39 is 0 Å². The van der Waals surface area contributed by atoms with Gasteiger partial charge in [0.25, 0.3) is 0 Å². The highest BCUT2D eigenvalue weighted by atomic mass is 15.1. The van der Waals surface area contributed by atoms with Gasteiger partial charge in [0.2, 0.25) is 0 Å². The highest BCUT2D eigenvalue weighted by molar-refractivity contribution is 5.16. The van der Waals surface area contributed by atoms with Crippen molar-refractivity contribution < 1.29 is 0 Å². The Hall–Kier alpha value is -0.930. The quantitative estimate of drug-likeness (QED) is 0.808. The zero-order chi connectivity index (χ0) is 13.5. The minimum Gasteiger partial charge on any atom is -0.326 e. The number of nitrogens with zero attached hydrogens (tertiary/aromatic N) is 2. The molecule has 1 aromatic rings. The third-order valence-corrected chi connectivity index (χ3v) is 3.67. The molecule has 0 amide bonds. The molecule has 0 saturated heterocycles. The van der Waals surface area contributed by atoms with Gasteiger partial charge in [-0.15, -0.1) is 0 Å². The first-order valence-corrected chi connectivity index (χ1v) is 6.95. The van der Waals surface area contributed by atoms with Gasteiger partial charge in [-0.05, 0) is 31.0 Å². The Kier molecular flexibility index (Phi) is 6.30. The summed E-state index contributed by atoms with van der Waals surface area (Å²) in [7, 11) is 2.17. The zero-order valence-electron chi connectivity index (χ0n) is 12.1. The zero-order valence-corrected chi connectivity index (χ0v) is 12.1. The van der Waals surface area contributed by atoms with Crippen molar-refractivity contribution in [3.8, 4) is 0 Å². The van der Waals surface area contributed by atoms with Crippen molar-refractivity contribution in [1.82, 2.24) is 9.88 Å². The van der Waals surface area contributed by atoms with Crippen LogP contribution in [0, 0.1) is 5.92 Å². The predicted octanol–water partition coefficient (Wildman–Crippen LogP) is 2.84. The van der Waals surface area contributed by atoms with Gasteiger partial charge in [0.1, 0.15) is 0 Å². The summed E-state index contributed by atoms with van der Waals surface area (Å²) in [6.45, 7) is 7.74. The van der Waals surface area contributed by atoms with E-state index in [1.54, 1.807) is 0 Å². The summed E-state index contributed by atoms with van der Waals surface area (Å²) in [5.41, 5.74) is 7.52. The molecule has 0 spiro atoms. The SMILES string of the molecule is CCC(C)CN(C)C(c1cccnc1)C(N)CC. The standard InChI is InChI=1S/C15H27N3/c1-5-12(3)11-18(4)15(14(16)6-2)13-8-7-9-17-10-13/h7-10,12,14-15H,5-6,11,16H2,1-4H3. The van der Waals surface area contributed by atoms with Gasteiger partial charge < -0.3 is 5.73 Å². The first-order chi connectivity index (χ1) is 8.60. The Bertz CT molecular complexity index is 326. The molecule has 1 heterocycles. The van der Waals surface area contributed by atoms with Crippen LogP contribution in [0.1, 0.15) is 45.2 Å². The average Bonchev–Trinajstić information content (AvgIpc) is 2.39. The summed E-state index contributed by atoms with van der Waals surface area (Å²) in [5, 5.41) is 0. The van der Waals surface area contributed by atoms with Crippen molar-refractivity contribution in [2.24, 2.45) is 11.7 Å². The molecule has 1 rings (SSSR count). The molecule has 3 unspecified atom stereocenters. The number of nitrogens with two attached hydrogens (primary N) is 1. The molecule has 0 aromatic carbocycles. The molecule has 3 nitrogen and oxygen atoms in total. The van der Waals surface area contributed by atoms with E-state index in [9.17, 15) is 0 Å². The van der Waals surface area contributed by atoms with Crippen LogP contribution in [0.15, 0.2) is 24.5 Å². The summed E-state index contributed by atoms with van der Waals surface area (Å²) in [5.74, 6) is 0.693. The van der Waals surface area contributed by atoms with E-state index in [1.165, 1.54) is 12.0 Å². The molecule has 0 fully saturated rings. The molecule has 102 valence electrons. The highest BCUT2D eigenvalue weighted by Gasteiger charge is 2.23. The molecule has 0 aliphatic rings. The number of aromatic nitrogens is 1. The first kappa shape index (κ1) is 15.1. The van der Waals surface area contributed by atoms with E-state index >= 15 is 0 Å². The molecule has 0 bridgehead atoms. The van der Waals surface area contributed by atoms with Crippen LogP contribution in [0.5, 0.6) is 0 Å². The number of likely N-dealkylation sites (N-methyl/N-ethyl adjacent to an activating group) is 1. The van der Waals surface area contributed by atoms with E-state index in [4.69, 9.17) is 5.73 Å². The summed E-state index contributed by atoms with van der Waals surface area (Å²) in [6, 6.07) is 4.53. The molecule has 0 saturated carbocycles. The van der Waals surface area contributed by atoms with Crippen LogP contribution in [-0.2, 0) is 0 Å². The molecule has 1 aromatic heterocycles. The van der Waals surface area contributed by atoms with E-state index in [1.807, 2.05) is 18.5 Å². The van der Waals surface area contributed by atoms with Crippen LogP contribution >= 0.6 is 0 Å². The fourth-order valence-corrected chi connectivity index (χ4v) is 2.34. The van der Waals surface area contributed by atoms with Crippen molar-refractivity contribution in [3.63, 3.8) is 0 Å². The van der Waals surface area contributed by atoms with Crippen molar-refractivity contribution >= 4 is 0 Å². The van der Waals surface area contributed by atoms with Crippen molar-refractivity contribution in [2.75, 3.05) is 13.6 Å². The normalized spacial score (nSPS) is 16.6. The average molecular weight is 249 g/mol. The smallest absolute Gasteiger partial charge is 0.0511 e. The number of pyridine rings is 1. The van der Waals surface area contributed by atoms with Crippen LogP contribution in [-0.4, -0.2) is 29.5 Å². The monoisotopic (exact) mass is 249 g/mol. The Labute approximate surface area is 111 Å².